The lowest BCUT2D eigenvalue weighted by molar-refractivity contribution is 0.0650. The summed E-state index contributed by atoms with van der Waals surface area (Å²) >= 11 is 0. The van der Waals surface area contributed by atoms with Gasteiger partial charge < -0.3 is 9.88 Å². The summed E-state index contributed by atoms with van der Waals surface area (Å²) in [4.78, 5) is 29.0. The van der Waals surface area contributed by atoms with E-state index in [1.807, 2.05) is 29.2 Å². The molecule has 1 aliphatic heterocycles. The van der Waals surface area contributed by atoms with Gasteiger partial charge in [-0.3, -0.25) is 9.59 Å². The maximum Gasteiger partial charge on any atom is 0.255 e. The van der Waals surface area contributed by atoms with Gasteiger partial charge in [-0.1, -0.05) is 54.6 Å². The number of fused-ring (bicyclic) bond motifs is 1. The molecule has 4 nitrogen and oxygen atoms in total. The minimum atomic E-state index is -0.198. The van der Waals surface area contributed by atoms with Crippen LogP contribution < -0.4 is 5.56 Å². The first kappa shape index (κ1) is 17.3. The fourth-order valence-corrected chi connectivity index (χ4v) is 3.86. The molecule has 4 heteroatoms. The molecule has 0 fully saturated rings. The lowest BCUT2D eigenvalue weighted by Gasteiger charge is -2.37. The van der Waals surface area contributed by atoms with Crippen LogP contribution in [-0.2, 0) is 12.8 Å². The number of benzene rings is 2. The molecule has 27 heavy (non-hydrogen) atoms. The molecular formula is C23H22N2O2. The summed E-state index contributed by atoms with van der Waals surface area (Å²) in [5.74, 6) is -0.0289. The highest BCUT2D eigenvalue weighted by atomic mass is 16.2. The fourth-order valence-electron chi connectivity index (χ4n) is 3.86. The Labute approximate surface area is 158 Å². The van der Waals surface area contributed by atoms with Gasteiger partial charge in [0.15, 0.2) is 0 Å². The topological polar surface area (TPSA) is 53.2 Å². The largest absolute Gasteiger partial charge is 0.331 e. The Morgan fingerprint density at radius 2 is 1.78 bits per heavy atom. The van der Waals surface area contributed by atoms with Gasteiger partial charge in [0.25, 0.3) is 5.91 Å². The van der Waals surface area contributed by atoms with Gasteiger partial charge in [0.1, 0.15) is 0 Å². The van der Waals surface area contributed by atoms with Crippen molar-refractivity contribution >= 4 is 5.91 Å². The van der Waals surface area contributed by atoms with E-state index < -0.39 is 0 Å². The predicted octanol–water partition coefficient (Wildman–Crippen LogP) is 3.75. The molecular weight excluding hydrogens is 336 g/mol. The Kier molecular flexibility index (Phi) is 4.88. The Bertz CT molecular complexity index is 974. The van der Waals surface area contributed by atoms with E-state index >= 15 is 0 Å². The third kappa shape index (κ3) is 3.70. The molecule has 0 radical (unpaired) electrons. The van der Waals surface area contributed by atoms with E-state index in [4.69, 9.17) is 0 Å². The highest BCUT2D eigenvalue weighted by Gasteiger charge is 2.30. The van der Waals surface area contributed by atoms with Crippen LogP contribution in [0.25, 0.3) is 0 Å². The van der Waals surface area contributed by atoms with Crippen LogP contribution in [0, 0.1) is 0 Å². The number of hydrogen-bond donors (Lipinski definition) is 1. The zero-order chi connectivity index (χ0) is 18.6. The lowest BCUT2D eigenvalue weighted by atomic mass is 9.88. The molecule has 0 bridgehead atoms. The third-order valence-corrected chi connectivity index (χ3v) is 5.25. The summed E-state index contributed by atoms with van der Waals surface area (Å²) < 4.78 is 0. The Morgan fingerprint density at radius 3 is 2.56 bits per heavy atom. The number of aryl methyl sites for hydroxylation is 1. The molecule has 1 aliphatic rings. The van der Waals surface area contributed by atoms with Crippen molar-refractivity contribution in [2.45, 2.75) is 25.3 Å². The molecule has 0 aliphatic carbocycles. The van der Waals surface area contributed by atoms with Crippen molar-refractivity contribution in [3.05, 3.63) is 106 Å². The normalized spacial score (nSPS) is 16.0. The molecule has 0 spiro atoms. The zero-order valence-electron chi connectivity index (χ0n) is 15.1. The van der Waals surface area contributed by atoms with E-state index in [-0.39, 0.29) is 17.5 Å². The molecule has 2 aromatic carbocycles. The van der Waals surface area contributed by atoms with Crippen LogP contribution >= 0.6 is 0 Å². The first-order chi connectivity index (χ1) is 13.2. The van der Waals surface area contributed by atoms with E-state index in [0.717, 1.165) is 19.3 Å². The van der Waals surface area contributed by atoms with Crippen LogP contribution in [-0.4, -0.2) is 22.3 Å². The van der Waals surface area contributed by atoms with Crippen molar-refractivity contribution in [3.63, 3.8) is 0 Å². The van der Waals surface area contributed by atoms with Crippen molar-refractivity contribution in [3.8, 4) is 0 Å². The number of aromatic nitrogens is 1. The minimum Gasteiger partial charge on any atom is -0.331 e. The minimum absolute atomic E-state index is 0.0289. The maximum atomic E-state index is 13.1. The van der Waals surface area contributed by atoms with Crippen molar-refractivity contribution in [2.24, 2.45) is 0 Å². The lowest BCUT2D eigenvalue weighted by Crippen LogP contribution is -2.40. The summed E-state index contributed by atoms with van der Waals surface area (Å²) in [6.07, 6.45) is 4.15. The van der Waals surface area contributed by atoms with Gasteiger partial charge in [-0.2, -0.15) is 0 Å². The molecule has 2 heterocycles. The number of carbonyl (C=O) groups excluding carboxylic acids is 1. The molecule has 3 aromatic rings. The molecule has 1 aromatic heterocycles. The van der Waals surface area contributed by atoms with E-state index in [1.54, 1.807) is 6.07 Å². The standard InChI is InChI=1S/C23H22N2O2/c26-22-13-11-19(16-24-22)23(27)25-15-14-18-8-4-5-9-20(18)21(25)12-10-17-6-2-1-3-7-17/h1-9,11,13,16,21H,10,12,14-15H2,(H,24,26). The smallest absolute Gasteiger partial charge is 0.255 e. The van der Waals surface area contributed by atoms with Crippen LogP contribution in [0.3, 0.4) is 0 Å². The second-order valence-electron chi connectivity index (χ2n) is 6.93. The molecule has 1 amide bonds. The number of H-pyrrole nitrogens is 1. The number of pyridine rings is 1. The van der Waals surface area contributed by atoms with Crippen LogP contribution in [0.15, 0.2) is 77.7 Å². The SMILES string of the molecule is O=C(c1ccc(=O)[nH]c1)N1CCc2ccccc2C1CCc1ccccc1. The van der Waals surface area contributed by atoms with Crippen molar-refractivity contribution in [2.75, 3.05) is 6.54 Å². The van der Waals surface area contributed by atoms with Crippen molar-refractivity contribution in [1.29, 1.82) is 0 Å². The van der Waals surface area contributed by atoms with E-state index in [0.29, 0.717) is 12.1 Å². The highest BCUT2D eigenvalue weighted by Crippen LogP contribution is 2.34. The number of nitrogens with one attached hydrogen (secondary N) is 1. The average molecular weight is 358 g/mol. The van der Waals surface area contributed by atoms with E-state index in [1.165, 1.54) is 29.0 Å². The molecule has 1 unspecified atom stereocenters. The first-order valence-corrected chi connectivity index (χ1v) is 9.34. The van der Waals surface area contributed by atoms with Gasteiger partial charge >= 0.3 is 0 Å². The highest BCUT2D eigenvalue weighted by molar-refractivity contribution is 5.94. The van der Waals surface area contributed by atoms with Gasteiger partial charge in [-0.15, -0.1) is 0 Å². The number of carbonyl (C=O) groups is 1. The van der Waals surface area contributed by atoms with Crippen molar-refractivity contribution in [1.82, 2.24) is 9.88 Å². The van der Waals surface area contributed by atoms with Gasteiger partial charge in [-0.25, -0.2) is 0 Å². The number of amides is 1. The van der Waals surface area contributed by atoms with Gasteiger partial charge in [-0.05, 0) is 42.0 Å². The Hall–Kier alpha value is -3.14. The molecule has 0 saturated heterocycles. The molecule has 0 saturated carbocycles. The summed E-state index contributed by atoms with van der Waals surface area (Å²) in [5.41, 5.74) is 4.16. The monoisotopic (exact) mass is 358 g/mol. The van der Waals surface area contributed by atoms with E-state index in [2.05, 4.69) is 35.3 Å². The first-order valence-electron chi connectivity index (χ1n) is 9.34. The van der Waals surface area contributed by atoms with E-state index in [9.17, 15) is 9.59 Å². The Morgan fingerprint density at radius 1 is 1.00 bits per heavy atom. The van der Waals surface area contributed by atoms with Crippen molar-refractivity contribution < 1.29 is 4.79 Å². The number of nitrogens with zero attached hydrogens (tertiary/aromatic N) is 1. The zero-order valence-corrected chi connectivity index (χ0v) is 15.1. The third-order valence-electron chi connectivity index (χ3n) is 5.25. The summed E-state index contributed by atoms with van der Waals surface area (Å²) in [6, 6.07) is 21.8. The predicted molar refractivity (Wildman–Crippen MR) is 106 cm³/mol. The molecule has 1 atom stereocenters. The number of aromatic amines is 1. The average Bonchev–Trinajstić information content (AvgIpc) is 2.72. The van der Waals surface area contributed by atoms with Crippen LogP contribution in [0.4, 0.5) is 0 Å². The summed E-state index contributed by atoms with van der Waals surface area (Å²) in [7, 11) is 0. The summed E-state index contributed by atoms with van der Waals surface area (Å²) in [5, 5.41) is 0. The quantitative estimate of drug-likeness (QED) is 0.772. The molecule has 1 N–H and O–H groups in total. The van der Waals surface area contributed by atoms with Gasteiger partial charge in [0, 0.05) is 18.8 Å². The van der Waals surface area contributed by atoms with Crippen LogP contribution in [0.2, 0.25) is 0 Å². The number of hydrogen-bond acceptors (Lipinski definition) is 2. The van der Waals surface area contributed by atoms with Crippen LogP contribution in [0.5, 0.6) is 0 Å². The maximum absolute atomic E-state index is 13.1. The second kappa shape index (κ2) is 7.62. The molecule has 4 rings (SSSR count). The fraction of sp³-hybridized carbons (Fsp3) is 0.217. The van der Waals surface area contributed by atoms with Crippen LogP contribution in [0.1, 0.15) is 39.5 Å². The Balaban J connectivity index is 1.63. The number of rotatable bonds is 4. The molecule has 136 valence electrons. The summed E-state index contributed by atoms with van der Waals surface area (Å²) in [6.45, 7) is 0.689. The second-order valence-corrected chi connectivity index (χ2v) is 6.93. The van der Waals surface area contributed by atoms with Gasteiger partial charge in [0.2, 0.25) is 5.56 Å². The van der Waals surface area contributed by atoms with Gasteiger partial charge in [0.05, 0.1) is 11.6 Å².